The maximum Gasteiger partial charge on any atom is 0.318 e. The number of rotatable bonds is 14. The summed E-state index contributed by atoms with van der Waals surface area (Å²) >= 11 is 0. The molecule has 2 saturated heterocycles. The van der Waals surface area contributed by atoms with Crippen molar-refractivity contribution in [2.45, 2.75) is 77.9 Å². The van der Waals surface area contributed by atoms with Crippen molar-refractivity contribution in [3.05, 3.63) is 76.4 Å². The molecule has 4 rings (SSSR count). The molecular formula is C35H53N5O4S. The van der Waals surface area contributed by atoms with Gasteiger partial charge in [0.25, 0.3) is 0 Å². The molecular weight excluding hydrogens is 586 g/mol. The predicted molar refractivity (Wildman–Crippen MR) is 182 cm³/mol. The molecule has 0 saturated carbocycles. The number of hydrogen-bond donors (Lipinski definition) is 2. The van der Waals surface area contributed by atoms with Gasteiger partial charge >= 0.3 is 6.03 Å². The van der Waals surface area contributed by atoms with Gasteiger partial charge in [-0.25, -0.2) is 17.9 Å². The number of likely N-dealkylation sites (tertiary alicyclic amines) is 1. The highest BCUT2D eigenvalue weighted by Crippen LogP contribution is 2.23. The lowest BCUT2D eigenvalue weighted by Crippen LogP contribution is -2.43. The Hall–Kier alpha value is -2.76. The average Bonchev–Trinajstić information content (AvgIpc) is 3.44. The zero-order chi connectivity index (χ0) is 32.4. The summed E-state index contributed by atoms with van der Waals surface area (Å²) in [6, 6.07) is 14.5. The maximum atomic E-state index is 13.7. The van der Waals surface area contributed by atoms with Crippen molar-refractivity contribution in [3.63, 3.8) is 0 Å². The van der Waals surface area contributed by atoms with Gasteiger partial charge in [0.2, 0.25) is 10.0 Å². The molecule has 45 heavy (non-hydrogen) atoms. The smallest absolute Gasteiger partial charge is 0.318 e. The zero-order valence-electron chi connectivity index (χ0n) is 27.8. The fourth-order valence-corrected chi connectivity index (χ4v) is 6.99. The van der Waals surface area contributed by atoms with E-state index in [1.54, 1.807) is 13.8 Å². The number of allylic oxidation sites excluding steroid dienone is 1. The number of hydrogen-bond acceptors (Lipinski definition) is 6. The van der Waals surface area contributed by atoms with Gasteiger partial charge in [0.05, 0.1) is 24.5 Å². The largest absolute Gasteiger partial charge is 0.379 e. The number of morpholine rings is 1. The molecule has 2 fully saturated rings. The second-order valence-electron chi connectivity index (χ2n) is 12.7. The van der Waals surface area contributed by atoms with Crippen LogP contribution in [0.5, 0.6) is 0 Å². The standard InChI is InChI=1S/C35H53N5O4S/c1-6-9-33-28(4)10-7-11-34(33)29(5)36-35(41)40(18-8-17-38-20-22-44-23-21-38)25-31-14-12-30(13-15-31)24-39-19-16-32(26-39)37-45(42,43)27(2)3/h6-7,9-15,27,29,32,37H,8,16-26H2,1-5H3,(H,36,41)/b9-6-/t29-,32-/m0/s1. The van der Waals surface area contributed by atoms with E-state index in [1.807, 2.05) is 24.0 Å². The van der Waals surface area contributed by atoms with Crippen LogP contribution >= 0.6 is 0 Å². The Morgan fingerprint density at radius 3 is 2.44 bits per heavy atom. The van der Waals surface area contributed by atoms with Gasteiger partial charge in [0.15, 0.2) is 0 Å². The number of benzene rings is 2. The Morgan fingerprint density at radius 1 is 1.04 bits per heavy atom. The third-order valence-corrected chi connectivity index (χ3v) is 10.7. The van der Waals surface area contributed by atoms with Gasteiger partial charge in [-0.1, -0.05) is 54.6 Å². The number of sulfonamides is 1. The summed E-state index contributed by atoms with van der Waals surface area (Å²) in [5, 5.41) is 2.85. The molecule has 0 unspecified atom stereocenters. The van der Waals surface area contributed by atoms with E-state index in [4.69, 9.17) is 4.74 Å². The number of ether oxygens (including phenoxy) is 1. The van der Waals surface area contributed by atoms with Gasteiger partial charge < -0.3 is 15.0 Å². The molecule has 0 aromatic heterocycles. The molecule has 0 radical (unpaired) electrons. The lowest BCUT2D eigenvalue weighted by molar-refractivity contribution is 0.0364. The molecule has 2 aliphatic rings. The van der Waals surface area contributed by atoms with E-state index in [0.717, 1.165) is 75.5 Å². The SMILES string of the molecule is C/C=C\c1c(C)cccc1[C@H](C)NC(=O)N(CCCN1CCOCC1)Cc1ccc(CN2CC[C@H](NS(=O)(=O)C(C)C)C2)cc1. The lowest BCUT2D eigenvalue weighted by atomic mass is 9.97. The van der Waals surface area contributed by atoms with E-state index in [1.165, 1.54) is 11.1 Å². The van der Waals surface area contributed by atoms with Crippen molar-refractivity contribution in [1.29, 1.82) is 0 Å². The molecule has 248 valence electrons. The first-order valence-corrected chi connectivity index (χ1v) is 18.0. The van der Waals surface area contributed by atoms with E-state index in [-0.39, 0.29) is 18.1 Å². The number of nitrogens with zero attached hydrogens (tertiary/aromatic N) is 3. The summed E-state index contributed by atoms with van der Waals surface area (Å²) < 4.78 is 32.9. The van der Waals surface area contributed by atoms with Crippen LogP contribution in [0.3, 0.4) is 0 Å². The minimum atomic E-state index is -3.27. The second kappa shape index (κ2) is 16.7. The Labute approximate surface area is 271 Å². The number of nitrogens with one attached hydrogen (secondary N) is 2. The first-order chi connectivity index (χ1) is 21.6. The summed E-state index contributed by atoms with van der Waals surface area (Å²) in [4.78, 5) is 20.4. The van der Waals surface area contributed by atoms with E-state index in [0.29, 0.717) is 19.6 Å². The van der Waals surface area contributed by atoms with E-state index in [9.17, 15) is 13.2 Å². The van der Waals surface area contributed by atoms with Gasteiger partial charge in [-0.15, -0.1) is 0 Å². The fraction of sp³-hybridized carbons (Fsp3) is 0.571. The Balaban J connectivity index is 1.38. The minimum Gasteiger partial charge on any atom is -0.379 e. The van der Waals surface area contributed by atoms with Crippen LogP contribution < -0.4 is 10.0 Å². The lowest BCUT2D eigenvalue weighted by Gasteiger charge is -2.29. The van der Waals surface area contributed by atoms with Crippen molar-refractivity contribution in [2.75, 3.05) is 52.5 Å². The number of carbonyl (C=O) groups is 1. The molecule has 0 spiro atoms. The molecule has 2 amide bonds. The molecule has 2 aromatic rings. The van der Waals surface area contributed by atoms with Crippen molar-refractivity contribution in [2.24, 2.45) is 0 Å². The summed E-state index contributed by atoms with van der Waals surface area (Å²) in [5.41, 5.74) is 5.72. The Kier molecular flexibility index (Phi) is 13.0. The van der Waals surface area contributed by atoms with Crippen LogP contribution in [0, 0.1) is 6.92 Å². The summed E-state index contributed by atoms with van der Waals surface area (Å²) in [7, 11) is -3.27. The van der Waals surface area contributed by atoms with Gasteiger partial charge in [0.1, 0.15) is 0 Å². The van der Waals surface area contributed by atoms with Crippen LogP contribution in [0.1, 0.15) is 74.4 Å². The Bertz CT molecular complexity index is 1370. The molecule has 2 N–H and O–H groups in total. The van der Waals surface area contributed by atoms with Crippen molar-refractivity contribution in [1.82, 2.24) is 24.7 Å². The second-order valence-corrected chi connectivity index (χ2v) is 15.0. The molecule has 10 heteroatoms. The summed E-state index contributed by atoms with van der Waals surface area (Å²) in [6.45, 7) is 17.5. The van der Waals surface area contributed by atoms with Crippen LogP contribution in [0.15, 0.2) is 48.5 Å². The summed E-state index contributed by atoms with van der Waals surface area (Å²) in [6.07, 6.45) is 5.86. The normalized spacial score (nSPS) is 18.9. The number of amides is 2. The van der Waals surface area contributed by atoms with Gasteiger partial charge in [-0.2, -0.15) is 0 Å². The highest BCUT2D eigenvalue weighted by atomic mass is 32.2. The quantitative estimate of drug-likeness (QED) is 0.305. The van der Waals surface area contributed by atoms with Gasteiger partial charge in [-0.05, 0) is 75.3 Å². The number of aryl methyl sites for hydroxylation is 1. The molecule has 2 aliphatic heterocycles. The third-order valence-electron chi connectivity index (χ3n) is 8.82. The van der Waals surface area contributed by atoms with Crippen LogP contribution in [-0.4, -0.2) is 92.9 Å². The van der Waals surface area contributed by atoms with Gasteiger partial charge in [0, 0.05) is 58.4 Å². The van der Waals surface area contributed by atoms with Crippen molar-refractivity contribution >= 4 is 22.1 Å². The van der Waals surface area contributed by atoms with Crippen molar-refractivity contribution in [3.8, 4) is 0 Å². The predicted octanol–water partition coefficient (Wildman–Crippen LogP) is 4.93. The van der Waals surface area contributed by atoms with Gasteiger partial charge in [-0.3, -0.25) is 9.80 Å². The Morgan fingerprint density at radius 2 is 1.76 bits per heavy atom. The fourth-order valence-electron chi connectivity index (χ4n) is 6.06. The molecule has 0 bridgehead atoms. The molecule has 2 atom stereocenters. The van der Waals surface area contributed by atoms with Crippen LogP contribution in [0.2, 0.25) is 0 Å². The van der Waals surface area contributed by atoms with Crippen molar-refractivity contribution < 1.29 is 17.9 Å². The maximum absolute atomic E-state index is 13.7. The zero-order valence-corrected chi connectivity index (χ0v) is 28.6. The highest BCUT2D eigenvalue weighted by Gasteiger charge is 2.28. The van der Waals surface area contributed by atoms with E-state index < -0.39 is 15.3 Å². The first-order valence-electron chi connectivity index (χ1n) is 16.4. The molecule has 2 heterocycles. The number of carbonyl (C=O) groups excluding carboxylic acids is 1. The minimum absolute atomic E-state index is 0.0440. The topological polar surface area (TPSA) is 94.2 Å². The van der Waals surface area contributed by atoms with Crippen LogP contribution in [0.25, 0.3) is 6.08 Å². The number of urea groups is 1. The monoisotopic (exact) mass is 639 g/mol. The molecule has 0 aliphatic carbocycles. The van der Waals surface area contributed by atoms with E-state index in [2.05, 4.69) is 76.2 Å². The van der Waals surface area contributed by atoms with Crippen LogP contribution in [0.4, 0.5) is 4.79 Å². The average molecular weight is 640 g/mol. The van der Waals surface area contributed by atoms with Crippen LogP contribution in [-0.2, 0) is 27.8 Å². The molecule has 9 nitrogen and oxygen atoms in total. The summed E-state index contributed by atoms with van der Waals surface area (Å²) in [5.74, 6) is 0. The third kappa shape index (κ3) is 10.4. The first kappa shape index (κ1) is 35.1. The highest BCUT2D eigenvalue weighted by molar-refractivity contribution is 7.90. The van der Waals surface area contributed by atoms with E-state index >= 15 is 0 Å². The molecule has 2 aromatic carbocycles.